The summed E-state index contributed by atoms with van der Waals surface area (Å²) in [7, 11) is 0. The van der Waals surface area contributed by atoms with E-state index in [2.05, 4.69) is 10.6 Å². The first-order valence-corrected chi connectivity index (χ1v) is 6.98. The third kappa shape index (κ3) is 5.65. The van der Waals surface area contributed by atoms with Crippen molar-refractivity contribution < 1.29 is 14.3 Å². The highest BCUT2D eigenvalue weighted by atomic mass is 16.3. The van der Waals surface area contributed by atoms with Crippen molar-refractivity contribution in [2.75, 3.05) is 6.54 Å². The van der Waals surface area contributed by atoms with Gasteiger partial charge in [-0.3, -0.25) is 0 Å². The van der Waals surface area contributed by atoms with E-state index >= 15 is 0 Å². The van der Waals surface area contributed by atoms with Crippen LogP contribution >= 0.6 is 0 Å². The molecule has 0 aliphatic carbocycles. The minimum absolute atomic E-state index is 0.143. The number of amides is 2. The zero-order valence-electron chi connectivity index (χ0n) is 13.0. The van der Waals surface area contributed by atoms with E-state index in [1.165, 1.54) is 0 Å². The molecule has 0 aromatic carbocycles. The van der Waals surface area contributed by atoms with Gasteiger partial charge < -0.3 is 20.2 Å². The van der Waals surface area contributed by atoms with Crippen LogP contribution in [0.5, 0.6) is 0 Å². The Bertz CT molecular complexity index is 438. The normalized spacial score (nSPS) is 14.7. The van der Waals surface area contributed by atoms with Crippen molar-refractivity contribution in [3.8, 4) is 0 Å². The smallest absolute Gasteiger partial charge is 0.315 e. The third-order valence-electron chi connectivity index (χ3n) is 3.11. The van der Waals surface area contributed by atoms with Crippen molar-refractivity contribution in [2.45, 2.75) is 53.2 Å². The molecule has 0 radical (unpaired) electrons. The van der Waals surface area contributed by atoms with Crippen molar-refractivity contribution in [2.24, 2.45) is 5.41 Å². The average molecular weight is 282 g/mol. The van der Waals surface area contributed by atoms with Crippen LogP contribution in [0.1, 0.15) is 51.7 Å². The van der Waals surface area contributed by atoms with Crippen molar-refractivity contribution >= 4 is 6.03 Å². The second-order valence-corrected chi connectivity index (χ2v) is 6.21. The number of aliphatic hydroxyl groups excluding tert-OH is 1. The summed E-state index contributed by atoms with van der Waals surface area (Å²) in [5, 5.41) is 15.1. The first-order chi connectivity index (χ1) is 9.19. The molecule has 0 spiro atoms. The highest BCUT2D eigenvalue weighted by Gasteiger charge is 2.21. The quantitative estimate of drug-likeness (QED) is 0.751. The molecule has 0 aliphatic rings. The van der Waals surface area contributed by atoms with Gasteiger partial charge in [-0.1, -0.05) is 13.8 Å². The fourth-order valence-electron chi connectivity index (χ4n) is 2.20. The molecule has 2 unspecified atom stereocenters. The van der Waals surface area contributed by atoms with Gasteiger partial charge >= 0.3 is 6.03 Å². The molecule has 0 bridgehead atoms. The van der Waals surface area contributed by atoms with Crippen molar-refractivity contribution in [3.63, 3.8) is 0 Å². The molecule has 5 heteroatoms. The lowest BCUT2D eigenvalue weighted by molar-refractivity contribution is 0.128. The number of nitrogens with one attached hydrogen (secondary N) is 2. The minimum atomic E-state index is -0.375. The summed E-state index contributed by atoms with van der Waals surface area (Å²) >= 11 is 0. The highest BCUT2D eigenvalue weighted by Crippen LogP contribution is 2.21. The van der Waals surface area contributed by atoms with Crippen LogP contribution in [0.15, 0.2) is 16.5 Å². The Hall–Kier alpha value is -1.49. The van der Waals surface area contributed by atoms with E-state index in [1.54, 1.807) is 6.92 Å². The van der Waals surface area contributed by atoms with E-state index in [-0.39, 0.29) is 23.6 Å². The molecule has 114 valence electrons. The summed E-state index contributed by atoms with van der Waals surface area (Å²) in [6.45, 7) is 10.0. The zero-order valence-corrected chi connectivity index (χ0v) is 13.0. The Balaban J connectivity index is 2.40. The van der Waals surface area contributed by atoms with Crippen molar-refractivity contribution in [1.82, 2.24) is 10.6 Å². The van der Waals surface area contributed by atoms with Gasteiger partial charge in [-0.15, -0.1) is 0 Å². The van der Waals surface area contributed by atoms with Crippen LogP contribution in [0.4, 0.5) is 4.79 Å². The molecule has 5 nitrogen and oxygen atoms in total. The van der Waals surface area contributed by atoms with Crippen LogP contribution in [-0.2, 0) is 0 Å². The molecule has 20 heavy (non-hydrogen) atoms. The van der Waals surface area contributed by atoms with Crippen molar-refractivity contribution in [3.05, 3.63) is 23.7 Å². The number of furan rings is 1. The Morgan fingerprint density at radius 3 is 2.55 bits per heavy atom. The monoisotopic (exact) mass is 282 g/mol. The second-order valence-electron chi connectivity index (χ2n) is 6.21. The zero-order chi connectivity index (χ0) is 15.3. The minimum Gasteiger partial charge on any atom is -0.464 e. The van der Waals surface area contributed by atoms with E-state index in [1.807, 2.05) is 39.8 Å². The standard InChI is InChI=1S/C15H26N2O3/c1-10(18)8-15(4,5)9-16-14(19)17-12(3)13-7-6-11(2)20-13/h6-7,10,12,18H,8-9H2,1-5H3,(H2,16,17,19). The molecule has 1 rings (SSSR count). The van der Waals surface area contributed by atoms with Crippen LogP contribution in [0.25, 0.3) is 0 Å². The van der Waals surface area contributed by atoms with E-state index in [4.69, 9.17) is 4.42 Å². The van der Waals surface area contributed by atoms with E-state index in [0.717, 1.165) is 11.5 Å². The molecular formula is C15H26N2O3. The first-order valence-electron chi connectivity index (χ1n) is 6.98. The number of hydrogen-bond acceptors (Lipinski definition) is 3. The topological polar surface area (TPSA) is 74.5 Å². The maximum absolute atomic E-state index is 11.8. The van der Waals surface area contributed by atoms with E-state index in [0.29, 0.717) is 13.0 Å². The number of aryl methyl sites for hydroxylation is 1. The van der Waals surface area contributed by atoms with Gasteiger partial charge in [-0.25, -0.2) is 4.79 Å². The van der Waals surface area contributed by atoms with Crippen LogP contribution < -0.4 is 10.6 Å². The summed E-state index contributed by atoms with van der Waals surface area (Å²) in [4.78, 5) is 11.8. The number of hydrogen-bond donors (Lipinski definition) is 3. The fraction of sp³-hybridized carbons (Fsp3) is 0.667. The van der Waals surface area contributed by atoms with E-state index < -0.39 is 0 Å². The number of rotatable bonds is 6. The van der Waals surface area contributed by atoms with Gasteiger partial charge in [0.1, 0.15) is 11.5 Å². The molecule has 3 N–H and O–H groups in total. The predicted octanol–water partition coefficient (Wildman–Crippen LogP) is 2.75. The molecule has 2 amide bonds. The van der Waals surface area contributed by atoms with Crippen LogP contribution in [0, 0.1) is 12.3 Å². The summed E-state index contributed by atoms with van der Waals surface area (Å²) < 4.78 is 5.47. The summed E-state index contributed by atoms with van der Waals surface area (Å²) in [5.74, 6) is 1.56. The molecule has 0 saturated heterocycles. The van der Waals surface area contributed by atoms with Gasteiger partial charge in [0, 0.05) is 6.54 Å². The van der Waals surface area contributed by atoms with Crippen LogP contribution in [0.2, 0.25) is 0 Å². The third-order valence-corrected chi connectivity index (χ3v) is 3.11. The highest BCUT2D eigenvalue weighted by molar-refractivity contribution is 5.74. The molecule has 0 saturated carbocycles. The Kier molecular flexibility index (Phi) is 5.62. The maximum atomic E-state index is 11.8. The number of carbonyl (C=O) groups excluding carboxylic acids is 1. The molecule has 1 aromatic heterocycles. The van der Waals surface area contributed by atoms with Crippen LogP contribution in [-0.4, -0.2) is 23.8 Å². The number of carbonyl (C=O) groups is 1. The van der Waals surface area contributed by atoms with Crippen LogP contribution in [0.3, 0.4) is 0 Å². The molecule has 1 heterocycles. The molecule has 2 atom stereocenters. The lowest BCUT2D eigenvalue weighted by Gasteiger charge is -2.26. The molecule has 0 fully saturated rings. The average Bonchev–Trinajstić information content (AvgIpc) is 2.72. The fourth-order valence-corrected chi connectivity index (χ4v) is 2.20. The summed E-state index contributed by atoms with van der Waals surface area (Å²) in [5.41, 5.74) is -0.143. The Labute approximate surface area is 120 Å². The summed E-state index contributed by atoms with van der Waals surface area (Å²) in [6, 6.07) is 3.32. The lowest BCUT2D eigenvalue weighted by atomic mass is 9.87. The van der Waals surface area contributed by atoms with Gasteiger partial charge in [0.25, 0.3) is 0 Å². The van der Waals surface area contributed by atoms with E-state index in [9.17, 15) is 9.90 Å². The SMILES string of the molecule is Cc1ccc(C(C)NC(=O)NCC(C)(C)CC(C)O)o1. The molecular weight excluding hydrogens is 256 g/mol. The second kappa shape index (κ2) is 6.79. The van der Waals surface area contributed by atoms with Gasteiger partial charge in [-0.05, 0) is 44.7 Å². The number of urea groups is 1. The van der Waals surface area contributed by atoms with Gasteiger partial charge in [0.05, 0.1) is 12.1 Å². The lowest BCUT2D eigenvalue weighted by Crippen LogP contribution is -2.42. The molecule has 1 aromatic rings. The van der Waals surface area contributed by atoms with Crippen molar-refractivity contribution in [1.29, 1.82) is 0 Å². The van der Waals surface area contributed by atoms with Gasteiger partial charge in [0.2, 0.25) is 0 Å². The van der Waals surface area contributed by atoms with Gasteiger partial charge in [0.15, 0.2) is 0 Å². The Morgan fingerprint density at radius 1 is 1.40 bits per heavy atom. The largest absolute Gasteiger partial charge is 0.464 e. The predicted molar refractivity (Wildman–Crippen MR) is 78.5 cm³/mol. The summed E-state index contributed by atoms with van der Waals surface area (Å²) in [6.07, 6.45) is 0.264. The maximum Gasteiger partial charge on any atom is 0.315 e. The number of aliphatic hydroxyl groups is 1. The Morgan fingerprint density at radius 2 is 2.05 bits per heavy atom. The first kappa shape index (κ1) is 16.6. The van der Waals surface area contributed by atoms with Gasteiger partial charge in [-0.2, -0.15) is 0 Å². The molecule has 0 aliphatic heterocycles.